The first-order valence-corrected chi connectivity index (χ1v) is 8.46. The smallest absolute Gasteiger partial charge is 0.277 e. The van der Waals surface area contributed by atoms with Crippen molar-refractivity contribution in [2.75, 3.05) is 6.61 Å². The normalized spacial score (nSPS) is 11.6. The summed E-state index contributed by atoms with van der Waals surface area (Å²) in [4.78, 5) is 11.9. The van der Waals surface area contributed by atoms with Crippen LogP contribution in [0.5, 0.6) is 5.75 Å². The molecule has 0 aliphatic carbocycles. The molecule has 1 amide bonds. The molecule has 0 atom stereocenters. The van der Waals surface area contributed by atoms with Gasteiger partial charge in [-0.05, 0) is 37.3 Å². The van der Waals surface area contributed by atoms with E-state index in [2.05, 4.69) is 20.8 Å². The summed E-state index contributed by atoms with van der Waals surface area (Å²) in [6, 6.07) is 12.4. The highest BCUT2D eigenvalue weighted by Crippen LogP contribution is 2.27. The Labute approximate surface area is 159 Å². The molecule has 0 saturated heterocycles. The van der Waals surface area contributed by atoms with Crippen LogP contribution in [-0.2, 0) is 11.3 Å². The van der Waals surface area contributed by atoms with Crippen molar-refractivity contribution in [3.05, 3.63) is 52.5 Å². The number of carbonyl (C=O) groups excluding carboxylic acids is 1. The van der Waals surface area contributed by atoms with E-state index in [0.717, 1.165) is 11.0 Å². The summed E-state index contributed by atoms with van der Waals surface area (Å²) in [6.07, 6.45) is 0. The van der Waals surface area contributed by atoms with Gasteiger partial charge >= 0.3 is 0 Å². The number of hydrazone groups is 1. The Morgan fingerprint density at radius 1 is 1.27 bits per heavy atom. The Morgan fingerprint density at radius 3 is 2.88 bits per heavy atom. The number of amides is 1. The molecule has 0 unspecified atom stereocenters. The zero-order valence-corrected chi connectivity index (χ0v) is 15.3. The van der Waals surface area contributed by atoms with Crippen molar-refractivity contribution in [2.45, 2.75) is 13.5 Å². The second-order valence-electron chi connectivity index (χ2n) is 5.48. The summed E-state index contributed by atoms with van der Waals surface area (Å²) in [7, 11) is 0. The molecule has 7 nitrogen and oxygen atoms in total. The van der Waals surface area contributed by atoms with Gasteiger partial charge in [-0.25, -0.2) is 10.1 Å². The third kappa shape index (κ3) is 4.50. The van der Waals surface area contributed by atoms with Gasteiger partial charge in [-0.15, -0.1) is 5.10 Å². The van der Waals surface area contributed by atoms with Crippen LogP contribution in [0.15, 0.2) is 47.6 Å². The molecule has 0 fully saturated rings. The van der Waals surface area contributed by atoms with Crippen LogP contribution in [0.4, 0.5) is 0 Å². The summed E-state index contributed by atoms with van der Waals surface area (Å²) >= 11 is 11.8. The van der Waals surface area contributed by atoms with Crippen LogP contribution >= 0.6 is 23.2 Å². The van der Waals surface area contributed by atoms with E-state index in [1.165, 1.54) is 0 Å². The summed E-state index contributed by atoms with van der Waals surface area (Å²) in [6.45, 7) is 1.97. The molecule has 9 heteroatoms. The molecule has 3 rings (SSSR count). The number of fused-ring (bicyclic) bond motifs is 1. The molecule has 134 valence electrons. The van der Waals surface area contributed by atoms with E-state index in [-0.39, 0.29) is 6.61 Å². The predicted molar refractivity (Wildman–Crippen MR) is 101 cm³/mol. The highest BCUT2D eigenvalue weighted by Gasteiger charge is 2.07. The SMILES string of the molecule is C/C(Cn1nnc2ccccc21)=N/NC(=O)COc1ccc(Cl)cc1Cl. The summed E-state index contributed by atoms with van der Waals surface area (Å²) in [5.74, 6) is -0.0279. The molecular weight excluding hydrogens is 377 g/mol. The minimum atomic E-state index is -0.404. The van der Waals surface area contributed by atoms with Crippen LogP contribution in [0, 0.1) is 0 Å². The third-order valence-electron chi connectivity index (χ3n) is 3.42. The number of carbonyl (C=O) groups is 1. The number of nitrogens with one attached hydrogen (secondary N) is 1. The van der Waals surface area contributed by atoms with Crippen LogP contribution in [0.1, 0.15) is 6.92 Å². The Hall–Kier alpha value is -2.64. The van der Waals surface area contributed by atoms with Gasteiger partial charge in [0.2, 0.25) is 0 Å². The molecule has 1 aromatic heterocycles. The van der Waals surface area contributed by atoms with Gasteiger partial charge in [0.15, 0.2) is 6.61 Å². The lowest BCUT2D eigenvalue weighted by atomic mass is 10.3. The van der Waals surface area contributed by atoms with Gasteiger partial charge < -0.3 is 4.74 Å². The van der Waals surface area contributed by atoms with Gasteiger partial charge in [0, 0.05) is 5.02 Å². The number of aromatic nitrogens is 3. The predicted octanol–water partition coefficient (Wildman–Crippen LogP) is 3.31. The van der Waals surface area contributed by atoms with Gasteiger partial charge in [-0.3, -0.25) is 4.79 Å². The lowest BCUT2D eigenvalue weighted by molar-refractivity contribution is -0.123. The van der Waals surface area contributed by atoms with Crippen molar-refractivity contribution >= 4 is 45.9 Å². The number of hydrogen-bond donors (Lipinski definition) is 1. The minimum Gasteiger partial charge on any atom is -0.482 e. The van der Waals surface area contributed by atoms with Gasteiger partial charge in [0.05, 0.1) is 22.8 Å². The van der Waals surface area contributed by atoms with Crippen molar-refractivity contribution in [1.82, 2.24) is 20.4 Å². The molecule has 0 radical (unpaired) electrons. The number of hydrogen-bond acceptors (Lipinski definition) is 5. The van der Waals surface area contributed by atoms with E-state index in [1.54, 1.807) is 29.8 Å². The highest BCUT2D eigenvalue weighted by molar-refractivity contribution is 6.35. The molecule has 3 aromatic rings. The van der Waals surface area contributed by atoms with Crippen molar-refractivity contribution in [2.24, 2.45) is 5.10 Å². The Kier molecular flexibility index (Phi) is 5.70. The average Bonchev–Trinajstić information content (AvgIpc) is 3.02. The average molecular weight is 392 g/mol. The van der Waals surface area contributed by atoms with Crippen molar-refractivity contribution in [3.63, 3.8) is 0 Å². The maximum atomic E-state index is 11.9. The fourth-order valence-electron chi connectivity index (χ4n) is 2.21. The first-order valence-electron chi connectivity index (χ1n) is 7.71. The standard InChI is InChI=1S/C17H15Cl2N5O2/c1-11(9-24-15-5-3-2-4-14(15)21-23-24)20-22-17(25)10-26-16-7-6-12(18)8-13(16)19/h2-8H,9-10H2,1H3,(H,22,25)/b20-11-. The van der Waals surface area contributed by atoms with Gasteiger partial charge in [-0.2, -0.15) is 5.10 Å². The maximum Gasteiger partial charge on any atom is 0.277 e. The fourth-order valence-corrected chi connectivity index (χ4v) is 2.67. The van der Waals surface area contributed by atoms with E-state index in [9.17, 15) is 4.79 Å². The highest BCUT2D eigenvalue weighted by atomic mass is 35.5. The van der Waals surface area contributed by atoms with Crippen molar-refractivity contribution < 1.29 is 9.53 Å². The zero-order chi connectivity index (χ0) is 18.5. The molecule has 26 heavy (non-hydrogen) atoms. The second-order valence-corrected chi connectivity index (χ2v) is 6.32. The first-order chi connectivity index (χ1) is 12.5. The van der Waals surface area contributed by atoms with Gasteiger partial charge in [0.25, 0.3) is 5.91 Å². The van der Waals surface area contributed by atoms with Gasteiger partial charge in [0.1, 0.15) is 11.3 Å². The van der Waals surface area contributed by atoms with E-state index in [4.69, 9.17) is 27.9 Å². The van der Waals surface area contributed by atoms with Crippen molar-refractivity contribution in [3.8, 4) is 5.75 Å². The van der Waals surface area contributed by atoms with Crippen LogP contribution in [-0.4, -0.2) is 33.2 Å². The van der Waals surface area contributed by atoms with E-state index in [0.29, 0.717) is 28.1 Å². The molecule has 0 saturated carbocycles. The largest absolute Gasteiger partial charge is 0.482 e. The lowest BCUT2D eigenvalue weighted by Crippen LogP contribution is -2.26. The van der Waals surface area contributed by atoms with E-state index >= 15 is 0 Å². The Bertz CT molecular complexity index is 971. The fraction of sp³-hybridized carbons (Fsp3) is 0.176. The number of ether oxygens (including phenoxy) is 1. The molecular formula is C17H15Cl2N5O2. The number of benzene rings is 2. The quantitative estimate of drug-likeness (QED) is 0.516. The van der Waals surface area contributed by atoms with Crippen LogP contribution < -0.4 is 10.2 Å². The molecule has 0 spiro atoms. The van der Waals surface area contributed by atoms with Crippen molar-refractivity contribution in [1.29, 1.82) is 0 Å². The van der Waals surface area contributed by atoms with Gasteiger partial charge in [-0.1, -0.05) is 40.5 Å². The Morgan fingerprint density at radius 2 is 2.08 bits per heavy atom. The summed E-state index contributed by atoms with van der Waals surface area (Å²) in [5, 5.41) is 13.0. The third-order valence-corrected chi connectivity index (χ3v) is 3.95. The summed E-state index contributed by atoms with van der Waals surface area (Å²) in [5.41, 5.74) is 4.80. The first kappa shape index (κ1) is 18.2. The van der Waals surface area contributed by atoms with Crippen LogP contribution in [0.3, 0.4) is 0 Å². The van der Waals surface area contributed by atoms with Crippen LogP contribution in [0.25, 0.3) is 11.0 Å². The molecule has 1 N–H and O–H groups in total. The molecule has 0 aliphatic rings. The number of rotatable bonds is 6. The molecule has 1 heterocycles. The van der Waals surface area contributed by atoms with E-state index in [1.807, 2.05) is 24.3 Å². The van der Waals surface area contributed by atoms with E-state index < -0.39 is 5.91 Å². The molecule has 2 aromatic carbocycles. The van der Waals surface area contributed by atoms with Crippen LogP contribution in [0.2, 0.25) is 10.0 Å². The number of para-hydroxylation sites is 1. The summed E-state index contributed by atoms with van der Waals surface area (Å²) < 4.78 is 7.06. The topological polar surface area (TPSA) is 81.4 Å². The monoisotopic (exact) mass is 391 g/mol. The molecule has 0 bridgehead atoms. The lowest BCUT2D eigenvalue weighted by Gasteiger charge is -2.07. The maximum absolute atomic E-state index is 11.9. The zero-order valence-electron chi connectivity index (χ0n) is 13.8. The number of halogens is 2. The minimum absolute atomic E-state index is 0.218. The second kappa shape index (κ2) is 8.16. The molecule has 0 aliphatic heterocycles. The number of nitrogens with zero attached hydrogens (tertiary/aromatic N) is 4. The Balaban J connectivity index is 1.54.